The van der Waals surface area contributed by atoms with Crippen LogP contribution in [0.25, 0.3) is 11.5 Å². The van der Waals surface area contributed by atoms with E-state index in [4.69, 9.17) is 0 Å². The van der Waals surface area contributed by atoms with Crippen LogP contribution in [0.1, 0.15) is 5.56 Å². The van der Waals surface area contributed by atoms with E-state index in [1.54, 1.807) is 18.2 Å². The second-order valence-electron chi connectivity index (χ2n) is 5.63. The van der Waals surface area contributed by atoms with E-state index in [1.807, 2.05) is 0 Å². The number of amides is 1. The molecule has 1 aromatic carbocycles. The van der Waals surface area contributed by atoms with Gasteiger partial charge in [-0.3, -0.25) is 14.3 Å². The van der Waals surface area contributed by atoms with Crippen LogP contribution >= 0.6 is 0 Å². The highest BCUT2D eigenvalue weighted by atomic mass is 19.4. The van der Waals surface area contributed by atoms with Crippen molar-refractivity contribution >= 4 is 11.6 Å². The van der Waals surface area contributed by atoms with Crippen LogP contribution < -0.4 is 11.0 Å². The summed E-state index contributed by atoms with van der Waals surface area (Å²) in [6, 6.07) is 9.66. The lowest BCUT2D eigenvalue weighted by atomic mass is 10.1. The molecule has 0 saturated carbocycles. The first-order valence-corrected chi connectivity index (χ1v) is 7.78. The first kappa shape index (κ1) is 18.4. The van der Waals surface area contributed by atoms with Gasteiger partial charge in [0.2, 0.25) is 5.91 Å². The smallest absolute Gasteiger partial charge is 0.324 e. The van der Waals surface area contributed by atoms with E-state index in [-0.39, 0.29) is 11.5 Å². The van der Waals surface area contributed by atoms with Crippen molar-refractivity contribution in [2.24, 2.45) is 7.05 Å². The number of hydrogen-bond acceptors (Lipinski definition) is 4. The molecule has 0 saturated heterocycles. The van der Waals surface area contributed by atoms with Gasteiger partial charge in [-0.05, 0) is 24.3 Å². The topological polar surface area (TPSA) is 81.8 Å². The summed E-state index contributed by atoms with van der Waals surface area (Å²) in [5, 5.41) is 6.23. The van der Waals surface area contributed by atoms with Gasteiger partial charge in [0.05, 0.1) is 11.3 Å². The number of benzene rings is 1. The van der Waals surface area contributed by atoms with Crippen LogP contribution in [-0.2, 0) is 24.6 Å². The molecule has 1 N–H and O–H groups in total. The van der Waals surface area contributed by atoms with Gasteiger partial charge in [-0.15, -0.1) is 5.10 Å². The molecular weight excluding hydrogens is 363 g/mol. The summed E-state index contributed by atoms with van der Waals surface area (Å²) in [4.78, 5) is 28.5. The fourth-order valence-corrected chi connectivity index (χ4v) is 2.47. The number of aromatic nitrogens is 4. The molecule has 0 aliphatic rings. The maximum absolute atomic E-state index is 13.0. The third kappa shape index (κ3) is 3.89. The Bertz CT molecular complexity index is 1030. The summed E-state index contributed by atoms with van der Waals surface area (Å²) < 4.78 is 41.1. The SMILES string of the molecule is Cn1c(-c2ccccn2)nn(CC(=O)Nc2ccccc2C(F)(F)F)c1=O. The second-order valence-corrected chi connectivity index (χ2v) is 5.63. The molecule has 0 unspecified atom stereocenters. The number of alkyl halides is 3. The second kappa shape index (κ2) is 7.06. The van der Waals surface area contributed by atoms with Gasteiger partial charge >= 0.3 is 11.9 Å². The van der Waals surface area contributed by atoms with Crippen LogP contribution in [-0.4, -0.2) is 25.2 Å². The highest BCUT2D eigenvalue weighted by Crippen LogP contribution is 2.34. The van der Waals surface area contributed by atoms with Crippen LogP contribution in [0, 0.1) is 0 Å². The van der Waals surface area contributed by atoms with E-state index in [9.17, 15) is 22.8 Å². The molecule has 0 aliphatic heterocycles. The zero-order valence-electron chi connectivity index (χ0n) is 14.1. The molecule has 0 fully saturated rings. The van der Waals surface area contributed by atoms with Gasteiger partial charge < -0.3 is 5.32 Å². The maximum Gasteiger partial charge on any atom is 0.418 e. The zero-order valence-corrected chi connectivity index (χ0v) is 14.1. The number of anilines is 1. The third-order valence-corrected chi connectivity index (χ3v) is 3.73. The number of carbonyl (C=O) groups is 1. The minimum atomic E-state index is -4.61. The van der Waals surface area contributed by atoms with Gasteiger partial charge in [-0.25, -0.2) is 9.48 Å². The molecule has 7 nitrogen and oxygen atoms in total. The molecule has 0 aliphatic carbocycles. The molecule has 1 amide bonds. The Kier molecular flexibility index (Phi) is 4.80. The molecule has 2 heterocycles. The van der Waals surface area contributed by atoms with E-state index in [0.29, 0.717) is 5.69 Å². The van der Waals surface area contributed by atoms with Crippen molar-refractivity contribution in [3.8, 4) is 11.5 Å². The predicted molar refractivity (Wildman–Crippen MR) is 90.8 cm³/mol. The van der Waals surface area contributed by atoms with Gasteiger partial charge in [0.1, 0.15) is 12.2 Å². The molecule has 3 rings (SSSR count). The highest BCUT2D eigenvalue weighted by Gasteiger charge is 2.33. The van der Waals surface area contributed by atoms with Gasteiger partial charge in [-0.1, -0.05) is 18.2 Å². The maximum atomic E-state index is 13.0. The summed E-state index contributed by atoms with van der Waals surface area (Å²) >= 11 is 0. The van der Waals surface area contributed by atoms with Crippen LogP contribution in [0.4, 0.5) is 18.9 Å². The normalized spacial score (nSPS) is 11.4. The fourth-order valence-electron chi connectivity index (χ4n) is 2.47. The van der Waals surface area contributed by atoms with E-state index < -0.39 is 29.9 Å². The average Bonchev–Trinajstić information content (AvgIpc) is 2.90. The summed E-state index contributed by atoms with van der Waals surface area (Å²) in [5.41, 5.74) is -1.52. The number of nitrogens with zero attached hydrogens (tertiary/aromatic N) is 4. The van der Waals surface area contributed by atoms with Crippen molar-refractivity contribution in [1.82, 2.24) is 19.3 Å². The Hall–Kier alpha value is -3.43. The van der Waals surface area contributed by atoms with Crippen molar-refractivity contribution in [2.45, 2.75) is 12.7 Å². The molecule has 0 bridgehead atoms. The van der Waals surface area contributed by atoms with Gasteiger partial charge in [0, 0.05) is 13.2 Å². The number of nitrogens with one attached hydrogen (secondary N) is 1. The monoisotopic (exact) mass is 377 g/mol. The van der Waals surface area contributed by atoms with Gasteiger partial charge in [0.25, 0.3) is 0 Å². The Labute approximate surface area is 151 Å². The summed E-state index contributed by atoms with van der Waals surface area (Å²) in [6.45, 7) is -0.536. The Balaban J connectivity index is 1.83. The van der Waals surface area contributed by atoms with Crippen LogP contribution in [0.3, 0.4) is 0 Å². The number of halogens is 3. The molecule has 27 heavy (non-hydrogen) atoms. The van der Waals surface area contributed by atoms with Crippen molar-refractivity contribution in [3.05, 3.63) is 64.7 Å². The van der Waals surface area contributed by atoms with Crippen molar-refractivity contribution in [1.29, 1.82) is 0 Å². The van der Waals surface area contributed by atoms with Crippen molar-refractivity contribution in [2.75, 3.05) is 5.32 Å². The van der Waals surface area contributed by atoms with Gasteiger partial charge in [0.15, 0.2) is 5.82 Å². The molecule has 2 aromatic heterocycles. The van der Waals surface area contributed by atoms with Crippen molar-refractivity contribution < 1.29 is 18.0 Å². The lowest BCUT2D eigenvalue weighted by Gasteiger charge is -2.13. The van der Waals surface area contributed by atoms with E-state index in [2.05, 4.69) is 15.4 Å². The minimum absolute atomic E-state index is 0.240. The van der Waals surface area contributed by atoms with E-state index in [0.717, 1.165) is 16.8 Å². The van der Waals surface area contributed by atoms with Crippen LogP contribution in [0.15, 0.2) is 53.5 Å². The quantitative estimate of drug-likeness (QED) is 0.757. The largest absolute Gasteiger partial charge is 0.418 e. The first-order valence-electron chi connectivity index (χ1n) is 7.78. The molecule has 0 spiro atoms. The number of para-hydroxylation sites is 1. The first-order chi connectivity index (χ1) is 12.8. The highest BCUT2D eigenvalue weighted by molar-refractivity contribution is 5.91. The summed E-state index contributed by atoms with van der Waals surface area (Å²) in [6.07, 6.45) is -3.09. The lowest BCUT2D eigenvalue weighted by molar-refractivity contribution is -0.137. The minimum Gasteiger partial charge on any atom is -0.324 e. The number of carbonyl (C=O) groups excluding carboxylic acids is 1. The van der Waals surface area contributed by atoms with Gasteiger partial charge in [-0.2, -0.15) is 13.2 Å². The Morgan fingerprint density at radius 2 is 1.85 bits per heavy atom. The van der Waals surface area contributed by atoms with Crippen LogP contribution in [0.2, 0.25) is 0 Å². The molecular formula is C17H14F3N5O2. The van der Waals surface area contributed by atoms with E-state index >= 15 is 0 Å². The van der Waals surface area contributed by atoms with Crippen LogP contribution in [0.5, 0.6) is 0 Å². The molecule has 140 valence electrons. The molecule has 3 aromatic rings. The average molecular weight is 377 g/mol. The Morgan fingerprint density at radius 3 is 2.52 bits per heavy atom. The number of hydrogen-bond donors (Lipinski definition) is 1. The molecule has 0 radical (unpaired) electrons. The van der Waals surface area contributed by atoms with Crippen molar-refractivity contribution in [3.63, 3.8) is 0 Å². The summed E-state index contributed by atoms with van der Waals surface area (Å²) in [7, 11) is 1.46. The predicted octanol–water partition coefficient (Wildman–Crippen LogP) is 2.30. The Morgan fingerprint density at radius 1 is 1.15 bits per heavy atom. The molecule has 0 atom stereocenters. The third-order valence-electron chi connectivity index (χ3n) is 3.73. The summed E-state index contributed by atoms with van der Waals surface area (Å²) in [5.74, 6) is -0.566. The zero-order chi connectivity index (χ0) is 19.6. The standard InChI is InChI=1S/C17H14F3N5O2/c1-24-15(13-8-4-5-9-21-13)23-25(16(24)27)10-14(26)22-12-7-3-2-6-11(12)17(18,19)20/h2-9H,10H2,1H3,(H,22,26). The number of pyridine rings is 1. The lowest BCUT2D eigenvalue weighted by Crippen LogP contribution is -2.29. The molecule has 10 heteroatoms. The fraction of sp³-hybridized carbons (Fsp3) is 0.176. The number of rotatable bonds is 4. The van der Waals surface area contributed by atoms with E-state index in [1.165, 1.54) is 29.9 Å².